The maximum atomic E-state index is 5.82. The molecule has 1 aliphatic rings. The largest absolute Gasteiger partial charge is 0.467 e. The van der Waals surface area contributed by atoms with Crippen LogP contribution < -0.4 is 10.6 Å². The van der Waals surface area contributed by atoms with E-state index in [1.807, 2.05) is 12.1 Å². The molecule has 2 unspecified atom stereocenters. The van der Waals surface area contributed by atoms with Gasteiger partial charge in [0.1, 0.15) is 12.4 Å². The van der Waals surface area contributed by atoms with Crippen LogP contribution in [0.4, 0.5) is 0 Å². The van der Waals surface area contributed by atoms with Crippen molar-refractivity contribution in [2.75, 3.05) is 33.3 Å². The third-order valence-corrected chi connectivity index (χ3v) is 5.19. The highest BCUT2D eigenvalue weighted by Gasteiger charge is 2.21. The van der Waals surface area contributed by atoms with Gasteiger partial charge in [-0.2, -0.15) is 0 Å². The monoisotopic (exact) mass is 556 g/mol. The molecule has 178 valence electrons. The van der Waals surface area contributed by atoms with Crippen LogP contribution in [0.3, 0.4) is 0 Å². The number of hydrogen-bond donors (Lipinski definition) is 2. The molecular weight excluding hydrogens is 519 g/mol. The van der Waals surface area contributed by atoms with E-state index in [1.54, 1.807) is 13.3 Å². The molecule has 1 aromatic heterocycles. The summed E-state index contributed by atoms with van der Waals surface area (Å²) >= 11 is 0. The zero-order chi connectivity index (χ0) is 21.9. The van der Waals surface area contributed by atoms with Gasteiger partial charge in [-0.05, 0) is 43.5 Å². The highest BCUT2D eigenvalue weighted by Crippen LogP contribution is 2.14. The first kappa shape index (κ1) is 26.6. The van der Waals surface area contributed by atoms with Crippen molar-refractivity contribution in [3.63, 3.8) is 0 Å². The lowest BCUT2D eigenvalue weighted by Crippen LogP contribution is -2.44. The minimum atomic E-state index is 0. The summed E-state index contributed by atoms with van der Waals surface area (Å²) in [4.78, 5) is 6.76. The lowest BCUT2D eigenvalue weighted by atomic mass is 10.1. The molecule has 0 radical (unpaired) electrons. The summed E-state index contributed by atoms with van der Waals surface area (Å²) in [5, 5.41) is 6.69. The van der Waals surface area contributed by atoms with Crippen LogP contribution in [-0.4, -0.2) is 56.4 Å². The molecule has 3 rings (SSSR count). The molecule has 2 heterocycles. The van der Waals surface area contributed by atoms with Crippen molar-refractivity contribution < 1.29 is 13.9 Å². The Hall–Kier alpha value is -1.62. The van der Waals surface area contributed by atoms with Gasteiger partial charge in [0, 0.05) is 46.4 Å². The van der Waals surface area contributed by atoms with Crippen molar-refractivity contribution in [2.45, 2.75) is 52.2 Å². The van der Waals surface area contributed by atoms with E-state index >= 15 is 0 Å². The first-order chi connectivity index (χ1) is 15.1. The molecule has 1 fully saturated rings. The number of hydrogen-bond acceptors (Lipinski definition) is 5. The number of guanidine groups is 1. The Morgan fingerprint density at radius 1 is 1.09 bits per heavy atom. The van der Waals surface area contributed by atoms with Gasteiger partial charge in [0.15, 0.2) is 5.96 Å². The van der Waals surface area contributed by atoms with Crippen LogP contribution in [0.1, 0.15) is 37.2 Å². The fraction of sp³-hybridized carbons (Fsp3) is 0.542. The molecule has 2 atom stereocenters. The predicted octanol–water partition coefficient (Wildman–Crippen LogP) is 3.78. The van der Waals surface area contributed by atoms with Crippen molar-refractivity contribution in [2.24, 2.45) is 4.99 Å². The van der Waals surface area contributed by atoms with Crippen LogP contribution >= 0.6 is 24.0 Å². The second-order valence-corrected chi connectivity index (χ2v) is 8.11. The Morgan fingerprint density at radius 2 is 1.81 bits per heavy atom. The second-order valence-electron chi connectivity index (χ2n) is 8.11. The molecule has 0 aliphatic carbocycles. The summed E-state index contributed by atoms with van der Waals surface area (Å²) in [5.41, 5.74) is 2.57. The molecule has 32 heavy (non-hydrogen) atoms. The number of benzene rings is 1. The van der Waals surface area contributed by atoms with E-state index in [0.29, 0.717) is 25.4 Å². The molecule has 8 heteroatoms. The number of nitrogens with zero attached hydrogens (tertiary/aromatic N) is 2. The van der Waals surface area contributed by atoms with Crippen LogP contribution in [0.5, 0.6) is 0 Å². The topological polar surface area (TPSA) is 71.3 Å². The number of halogens is 1. The van der Waals surface area contributed by atoms with E-state index in [1.165, 1.54) is 11.1 Å². The molecular formula is C24H37IN4O3. The second kappa shape index (κ2) is 14.5. The van der Waals surface area contributed by atoms with Gasteiger partial charge in [-0.1, -0.05) is 24.3 Å². The zero-order valence-electron chi connectivity index (χ0n) is 19.4. The van der Waals surface area contributed by atoms with Crippen LogP contribution in [0, 0.1) is 0 Å². The van der Waals surface area contributed by atoms with Gasteiger partial charge < -0.3 is 24.5 Å². The van der Waals surface area contributed by atoms with E-state index in [-0.39, 0.29) is 24.0 Å². The summed E-state index contributed by atoms with van der Waals surface area (Å²) in [7, 11) is 1.79. The lowest BCUT2D eigenvalue weighted by Gasteiger charge is -2.35. The van der Waals surface area contributed by atoms with Crippen LogP contribution in [0.15, 0.2) is 52.1 Å². The zero-order valence-corrected chi connectivity index (χ0v) is 21.7. The molecule has 1 aliphatic heterocycles. The van der Waals surface area contributed by atoms with Crippen molar-refractivity contribution in [3.05, 3.63) is 59.5 Å². The van der Waals surface area contributed by atoms with Crippen LogP contribution in [0.2, 0.25) is 0 Å². The van der Waals surface area contributed by atoms with E-state index in [0.717, 1.165) is 50.9 Å². The van der Waals surface area contributed by atoms with E-state index in [2.05, 4.69) is 58.6 Å². The van der Waals surface area contributed by atoms with Crippen LogP contribution in [0.25, 0.3) is 0 Å². The average molecular weight is 556 g/mol. The minimum Gasteiger partial charge on any atom is -0.467 e. The fourth-order valence-corrected chi connectivity index (χ4v) is 3.79. The number of ether oxygens (including phenoxy) is 2. The quantitative estimate of drug-likeness (QED) is 0.201. The number of morpholine rings is 1. The smallest absolute Gasteiger partial charge is 0.191 e. The van der Waals surface area contributed by atoms with E-state index < -0.39 is 0 Å². The Bertz CT molecular complexity index is 773. The summed E-state index contributed by atoms with van der Waals surface area (Å²) in [6, 6.07) is 12.6. The molecule has 0 spiro atoms. The van der Waals surface area contributed by atoms with Gasteiger partial charge in [-0.3, -0.25) is 9.89 Å². The molecule has 7 nitrogen and oxygen atoms in total. The van der Waals surface area contributed by atoms with E-state index in [9.17, 15) is 0 Å². The van der Waals surface area contributed by atoms with Crippen molar-refractivity contribution in [3.8, 4) is 0 Å². The maximum absolute atomic E-state index is 5.82. The maximum Gasteiger partial charge on any atom is 0.191 e. The summed E-state index contributed by atoms with van der Waals surface area (Å²) in [6.45, 7) is 9.96. The molecule has 0 saturated carbocycles. The fourth-order valence-electron chi connectivity index (χ4n) is 3.79. The van der Waals surface area contributed by atoms with Gasteiger partial charge in [0.25, 0.3) is 0 Å². The first-order valence-corrected chi connectivity index (χ1v) is 11.1. The molecule has 0 bridgehead atoms. The average Bonchev–Trinajstić information content (AvgIpc) is 3.26. The molecule has 1 aromatic carbocycles. The third-order valence-electron chi connectivity index (χ3n) is 5.19. The van der Waals surface area contributed by atoms with Crippen molar-refractivity contribution >= 4 is 29.9 Å². The SMILES string of the molecule is CN=C(NCCCOCc1ccco1)NCc1ccc(CN2CC(C)OC(C)C2)cc1.I. The standard InChI is InChI=1S/C24H36N4O3.HI/c1-19-15-28(16-20(2)31-19)17-22-9-7-21(8-10-22)14-27-24(25-3)26-11-5-12-29-18-23-6-4-13-30-23;/h4,6-10,13,19-20H,5,11-12,14-18H2,1-3H3,(H2,25,26,27);1H. The Balaban J connectivity index is 0.00000363. The Morgan fingerprint density at radius 3 is 2.47 bits per heavy atom. The van der Waals surface area contributed by atoms with Gasteiger partial charge >= 0.3 is 0 Å². The van der Waals surface area contributed by atoms with Gasteiger partial charge in [-0.15, -0.1) is 24.0 Å². The van der Waals surface area contributed by atoms with Gasteiger partial charge in [0.05, 0.1) is 18.5 Å². The number of rotatable bonds is 10. The number of nitrogens with one attached hydrogen (secondary N) is 2. The molecule has 1 saturated heterocycles. The number of furan rings is 1. The minimum absolute atomic E-state index is 0. The molecule has 2 aromatic rings. The Labute approximate surface area is 209 Å². The highest BCUT2D eigenvalue weighted by molar-refractivity contribution is 14.0. The normalized spacial score (nSPS) is 19.4. The van der Waals surface area contributed by atoms with Gasteiger partial charge in [0.2, 0.25) is 0 Å². The van der Waals surface area contributed by atoms with Crippen molar-refractivity contribution in [1.29, 1.82) is 0 Å². The third kappa shape index (κ3) is 9.48. The predicted molar refractivity (Wildman–Crippen MR) is 138 cm³/mol. The summed E-state index contributed by atoms with van der Waals surface area (Å²) in [6.07, 6.45) is 3.16. The number of aliphatic imine (C=N–C) groups is 1. The first-order valence-electron chi connectivity index (χ1n) is 11.1. The van der Waals surface area contributed by atoms with Crippen molar-refractivity contribution in [1.82, 2.24) is 15.5 Å². The van der Waals surface area contributed by atoms with Crippen LogP contribution in [-0.2, 0) is 29.2 Å². The highest BCUT2D eigenvalue weighted by atomic mass is 127. The summed E-state index contributed by atoms with van der Waals surface area (Å²) < 4.78 is 16.7. The van der Waals surface area contributed by atoms with Gasteiger partial charge in [-0.25, -0.2) is 0 Å². The molecule has 0 amide bonds. The Kier molecular flexibility index (Phi) is 12.1. The molecule has 2 N–H and O–H groups in total. The van der Waals surface area contributed by atoms with E-state index in [4.69, 9.17) is 13.9 Å². The lowest BCUT2D eigenvalue weighted by molar-refractivity contribution is -0.0704. The summed E-state index contributed by atoms with van der Waals surface area (Å²) in [5.74, 6) is 1.65.